The Kier molecular flexibility index (Phi) is 25.0. The van der Waals surface area contributed by atoms with Crippen molar-refractivity contribution in [2.24, 2.45) is 5.41 Å². The van der Waals surface area contributed by atoms with Crippen LogP contribution in [0.2, 0.25) is 0 Å². The van der Waals surface area contributed by atoms with Gasteiger partial charge in [-0.1, -0.05) is 38.8 Å². The second-order valence-corrected chi connectivity index (χ2v) is 17.7. The number of methoxy groups -OCH3 is 1. The van der Waals surface area contributed by atoms with E-state index in [1.54, 1.807) is 38.3 Å². The molecular formula is C48H75BClN9O6. The van der Waals surface area contributed by atoms with Crippen molar-refractivity contribution < 1.29 is 28.6 Å². The summed E-state index contributed by atoms with van der Waals surface area (Å²) in [5, 5.41) is 9.01. The molecule has 2 radical (unpaired) electrons. The van der Waals surface area contributed by atoms with Gasteiger partial charge in [0, 0.05) is 98.3 Å². The maximum Gasteiger partial charge on any atom is 0.234 e. The Labute approximate surface area is 394 Å². The lowest BCUT2D eigenvalue weighted by molar-refractivity contribution is -0.128. The number of nitrogens with zero attached hydrogens (tertiary/aromatic N) is 2. The van der Waals surface area contributed by atoms with Gasteiger partial charge in [-0.3, -0.25) is 24.7 Å². The molecule has 3 amide bonds. The van der Waals surface area contributed by atoms with Gasteiger partial charge in [0.1, 0.15) is 20.3 Å². The molecule has 9 N–H and O–H groups in total. The summed E-state index contributed by atoms with van der Waals surface area (Å²) in [5.41, 5.74) is 19.2. The average molecular weight is 920 g/mol. The van der Waals surface area contributed by atoms with Crippen molar-refractivity contribution in [3.05, 3.63) is 72.8 Å². The molecule has 1 aliphatic heterocycles. The highest BCUT2D eigenvalue weighted by Gasteiger charge is 2.29. The molecule has 2 unspecified atom stereocenters. The monoisotopic (exact) mass is 920 g/mol. The molecule has 0 bridgehead atoms. The molecule has 1 saturated heterocycles. The normalized spacial score (nSPS) is 14.3. The molecule has 1 heterocycles. The van der Waals surface area contributed by atoms with Crippen LogP contribution < -0.4 is 47.9 Å². The average Bonchev–Trinajstić information content (AvgIpc) is 3.29. The van der Waals surface area contributed by atoms with Crippen molar-refractivity contribution in [3.8, 4) is 5.75 Å². The van der Waals surface area contributed by atoms with Crippen LogP contribution in [0.25, 0.3) is 0 Å². The number of carbonyl (C=O) groups is 3. The molecule has 1 fully saturated rings. The molecule has 1 aliphatic rings. The summed E-state index contributed by atoms with van der Waals surface area (Å²) in [7, 11) is 7.90. The molecule has 4 rings (SSSR count). The number of piperazine rings is 1. The van der Waals surface area contributed by atoms with E-state index in [1.807, 2.05) is 57.2 Å². The predicted molar refractivity (Wildman–Crippen MR) is 266 cm³/mol. The number of unbranched alkanes of at least 4 members (excludes halogenated alkanes) is 3. The van der Waals surface area contributed by atoms with E-state index < -0.39 is 10.9 Å². The van der Waals surface area contributed by atoms with Gasteiger partial charge in [0.15, 0.2) is 0 Å². The second kappa shape index (κ2) is 29.7. The van der Waals surface area contributed by atoms with Crippen molar-refractivity contribution in [2.75, 3.05) is 99.1 Å². The number of anilines is 5. The summed E-state index contributed by atoms with van der Waals surface area (Å²) in [6, 6.07) is 23.1. The fourth-order valence-electron chi connectivity index (χ4n) is 6.73. The third-order valence-electron chi connectivity index (χ3n) is 11.0. The molecule has 3 aromatic rings. The summed E-state index contributed by atoms with van der Waals surface area (Å²) in [5.74, 6) is 0.835. The van der Waals surface area contributed by atoms with Crippen molar-refractivity contribution in [1.82, 2.24) is 21.1 Å². The fourth-order valence-corrected chi connectivity index (χ4v) is 6.91. The number of rotatable bonds is 28. The van der Waals surface area contributed by atoms with Crippen LogP contribution in [0.4, 0.5) is 28.4 Å². The molecule has 2 atom stereocenters. The van der Waals surface area contributed by atoms with Crippen LogP contribution in [0, 0.1) is 5.41 Å². The summed E-state index contributed by atoms with van der Waals surface area (Å²) >= 11 is 5.66. The van der Waals surface area contributed by atoms with Gasteiger partial charge in [0.2, 0.25) is 17.7 Å². The Morgan fingerprint density at radius 1 is 0.831 bits per heavy atom. The number of hydrazine groups is 1. The number of nitrogens with two attached hydrogens (primary N) is 2. The summed E-state index contributed by atoms with van der Waals surface area (Å²) < 4.78 is 16.8. The maximum absolute atomic E-state index is 12.7. The van der Waals surface area contributed by atoms with Crippen molar-refractivity contribution >= 4 is 65.6 Å². The molecule has 0 aliphatic carbocycles. The van der Waals surface area contributed by atoms with Gasteiger partial charge in [-0.15, -0.1) is 11.6 Å². The molecule has 0 saturated carbocycles. The van der Waals surface area contributed by atoms with Crippen LogP contribution >= 0.6 is 11.6 Å². The highest BCUT2D eigenvalue weighted by molar-refractivity contribution is 6.17. The molecule has 17 heteroatoms. The first-order valence-corrected chi connectivity index (χ1v) is 23.4. The third kappa shape index (κ3) is 22.8. The Balaban J connectivity index is 0.000000372. The summed E-state index contributed by atoms with van der Waals surface area (Å²) in [6.07, 6.45) is 6.93. The largest absolute Gasteiger partial charge is 0.495 e. The predicted octanol–water partition coefficient (Wildman–Crippen LogP) is 6.50. The first kappa shape index (κ1) is 54.6. The Bertz CT molecular complexity index is 1820. The molecule has 0 aromatic heterocycles. The molecule has 3 aromatic carbocycles. The van der Waals surface area contributed by atoms with E-state index in [9.17, 15) is 14.4 Å². The van der Waals surface area contributed by atoms with E-state index in [4.69, 9.17) is 45.1 Å². The van der Waals surface area contributed by atoms with Gasteiger partial charge in [-0.2, -0.15) is 0 Å². The number of carbonyl (C=O) groups excluding carboxylic acids is 3. The first-order chi connectivity index (χ1) is 31.1. The third-order valence-corrected chi connectivity index (χ3v) is 11.3. The number of amides is 3. The van der Waals surface area contributed by atoms with Gasteiger partial charge in [0.25, 0.3) is 0 Å². The molecule has 15 nitrogen and oxygen atoms in total. The van der Waals surface area contributed by atoms with Crippen LogP contribution in [-0.2, 0) is 23.9 Å². The van der Waals surface area contributed by atoms with Crippen LogP contribution in [-0.4, -0.2) is 114 Å². The second-order valence-electron chi connectivity index (χ2n) is 17.3. The van der Waals surface area contributed by atoms with Gasteiger partial charge in [-0.25, -0.2) is 5.43 Å². The van der Waals surface area contributed by atoms with E-state index in [-0.39, 0.29) is 56.5 Å². The number of para-hydroxylation sites is 2. The van der Waals surface area contributed by atoms with Gasteiger partial charge in [0.05, 0.1) is 18.9 Å². The number of hydrogen-bond acceptors (Lipinski definition) is 12. The van der Waals surface area contributed by atoms with Crippen molar-refractivity contribution in [2.45, 2.75) is 97.1 Å². The Hall–Kier alpha value is -4.74. The van der Waals surface area contributed by atoms with Gasteiger partial charge < -0.3 is 46.5 Å². The first-order valence-electron chi connectivity index (χ1n) is 22.9. The molecular weight excluding hydrogens is 845 g/mol. The van der Waals surface area contributed by atoms with Gasteiger partial charge in [-0.05, 0) is 113 Å². The smallest absolute Gasteiger partial charge is 0.234 e. The zero-order valence-corrected chi connectivity index (χ0v) is 40.2. The zero-order valence-electron chi connectivity index (χ0n) is 39.4. The summed E-state index contributed by atoms with van der Waals surface area (Å²) in [4.78, 5) is 41.8. The van der Waals surface area contributed by atoms with Crippen molar-refractivity contribution in [3.63, 3.8) is 0 Å². The van der Waals surface area contributed by atoms with E-state index >= 15 is 0 Å². The molecule has 358 valence electrons. The fraction of sp³-hybridized carbons (Fsp3) is 0.562. The van der Waals surface area contributed by atoms with E-state index in [2.05, 4.69) is 48.7 Å². The van der Waals surface area contributed by atoms with Gasteiger partial charge >= 0.3 is 0 Å². The minimum absolute atomic E-state index is 0.000236. The standard InChI is InChI=1S/C27H45BClN5O5.C21H30N4O/c1-20(8-6-5-7-16-29)38-19-32-34-24(36)14-13-23(35)31-18-27(4,28)39-17-15-26(2,3)25(37)33-22-11-9-21(30)10-12-22;1-26-21-7-3-2-6-20(21)25-16-14-24(15-17-25)13-5-4-12-23-19-10-8-18(22)9-11-19/h9-12,20,32H,5-8,13-19,30H2,1-4H3,(H,31,35)(H,33,37)(H,34,36);2-3,6-11,23H,4-5,12-17,22H2,1H3. The van der Waals surface area contributed by atoms with Crippen LogP contribution in [0.5, 0.6) is 5.75 Å². The number of ether oxygens (including phenoxy) is 3. The molecule has 0 spiro atoms. The highest BCUT2D eigenvalue weighted by Crippen LogP contribution is 2.28. The van der Waals surface area contributed by atoms with Crippen molar-refractivity contribution in [1.29, 1.82) is 0 Å². The van der Waals surface area contributed by atoms with Crippen LogP contribution in [0.3, 0.4) is 0 Å². The quantitative estimate of drug-likeness (QED) is 0.0105. The maximum atomic E-state index is 12.7. The number of halogens is 1. The summed E-state index contributed by atoms with van der Waals surface area (Å²) in [6.45, 7) is 14.2. The number of alkyl halides is 1. The number of benzene rings is 3. The SMILES string of the molecule is COc1ccccc1N1CCN(CCCCNc2ccc(N)cc2)CC1.[B]C(C)(CNC(=O)CCC(=O)NNCOC(C)CCCCCCl)OCCC(C)(C)C(=O)Nc1ccc(N)cc1. The lowest BCUT2D eigenvalue weighted by Gasteiger charge is -2.36. The minimum Gasteiger partial charge on any atom is -0.495 e. The zero-order chi connectivity index (χ0) is 47.5. The minimum atomic E-state index is -1.14. The molecule has 65 heavy (non-hydrogen) atoms. The van der Waals surface area contributed by atoms with Crippen LogP contribution in [0.1, 0.15) is 85.5 Å². The highest BCUT2D eigenvalue weighted by atomic mass is 35.5. The number of nitrogens with one attached hydrogen (secondary N) is 5. The van der Waals surface area contributed by atoms with E-state index in [0.717, 1.165) is 75.5 Å². The van der Waals surface area contributed by atoms with E-state index in [1.165, 1.54) is 25.1 Å². The Morgan fingerprint density at radius 3 is 2.14 bits per heavy atom. The van der Waals surface area contributed by atoms with E-state index in [0.29, 0.717) is 23.7 Å². The number of nitrogen functional groups attached to an aromatic ring is 2. The number of hydrogen-bond donors (Lipinski definition) is 7. The van der Waals surface area contributed by atoms with Crippen LogP contribution in [0.15, 0.2) is 72.8 Å². The lowest BCUT2D eigenvalue weighted by atomic mass is 9.82. The lowest BCUT2D eigenvalue weighted by Crippen LogP contribution is -2.46. The Morgan fingerprint density at radius 2 is 1.48 bits per heavy atom. The topological polar surface area (TPSA) is 198 Å².